The molecule has 6 heteroatoms. The number of benzene rings is 2. The average molecular weight is 326 g/mol. The van der Waals surface area contributed by atoms with Crippen LogP contribution in [0.15, 0.2) is 30.3 Å². The summed E-state index contributed by atoms with van der Waals surface area (Å²) in [6.45, 7) is 0. The van der Waals surface area contributed by atoms with Crippen LogP contribution in [0.4, 0.5) is 13.2 Å². The van der Waals surface area contributed by atoms with Crippen LogP contribution >= 0.6 is 34.8 Å². The molecule has 0 atom stereocenters. The van der Waals surface area contributed by atoms with E-state index in [1.165, 1.54) is 12.1 Å². The second-order valence-corrected chi connectivity index (χ2v) is 5.04. The van der Waals surface area contributed by atoms with Crippen LogP contribution in [0.25, 0.3) is 11.1 Å². The van der Waals surface area contributed by atoms with Gasteiger partial charge in [-0.15, -0.1) is 0 Å². The zero-order valence-electron chi connectivity index (χ0n) is 9.23. The molecule has 100 valence electrons. The Labute approximate surface area is 122 Å². The van der Waals surface area contributed by atoms with Gasteiger partial charge in [0, 0.05) is 21.7 Å². The van der Waals surface area contributed by atoms with E-state index in [1.54, 1.807) is 0 Å². The first-order valence-electron chi connectivity index (χ1n) is 5.12. The van der Waals surface area contributed by atoms with Gasteiger partial charge in [0.2, 0.25) is 0 Å². The summed E-state index contributed by atoms with van der Waals surface area (Å²) in [5.41, 5.74) is -0.240. The van der Waals surface area contributed by atoms with Crippen molar-refractivity contribution in [1.29, 1.82) is 0 Å². The zero-order valence-corrected chi connectivity index (χ0v) is 11.5. The van der Waals surface area contributed by atoms with Crippen molar-refractivity contribution in [3.05, 3.63) is 56.8 Å². The summed E-state index contributed by atoms with van der Waals surface area (Å²) in [6.07, 6.45) is -2.70. The van der Waals surface area contributed by atoms with Gasteiger partial charge in [-0.25, -0.2) is 13.2 Å². The van der Waals surface area contributed by atoms with Gasteiger partial charge in [-0.1, -0.05) is 40.9 Å². The third-order valence-corrected chi connectivity index (χ3v) is 3.33. The lowest BCUT2D eigenvalue weighted by atomic mass is 10.0. The summed E-state index contributed by atoms with van der Waals surface area (Å²) in [4.78, 5) is 0. The minimum Gasteiger partial charge on any atom is -0.206 e. The highest BCUT2D eigenvalue weighted by molar-refractivity contribution is 6.41. The predicted molar refractivity (Wildman–Crippen MR) is 71.8 cm³/mol. The number of rotatable bonds is 2. The van der Waals surface area contributed by atoms with Crippen LogP contribution in [0.1, 0.15) is 12.0 Å². The van der Waals surface area contributed by atoms with Crippen molar-refractivity contribution in [2.24, 2.45) is 0 Å². The van der Waals surface area contributed by atoms with Gasteiger partial charge in [0.25, 0.3) is 6.43 Å². The molecule has 0 aliphatic rings. The number of hydrogen-bond acceptors (Lipinski definition) is 0. The van der Waals surface area contributed by atoms with Crippen molar-refractivity contribution < 1.29 is 13.2 Å². The SMILES string of the molecule is Fc1ccc(C(F)F)cc1-c1c(Cl)cc(Cl)cc1Cl. The standard InChI is InChI=1S/C13H6Cl3F3/c14-7-4-9(15)12(10(16)5-7)8-3-6(13(18)19)1-2-11(8)17/h1-5,13H. The Balaban J connectivity index is 2.68. The molecular weight excluding hydrogens is 319 g/mol. The van der Waals surface area contributed by atoms with Crippen LogP contribution in [0.5, 0.6) is 0 Å². The molecule has 0 nitrogen and oxygen atoms in total. The molecular formula is C13H6Cl3F3. The molecule has 0 saturated carbocycles. The Morgan fingerprint density at radius 2 is 1.47 bits per heavy atom. The Bertz CT molecular complexity index is 604. The fourth-order valence-electron chi connectivity index (χ4n) is 1.67. The van der Waals surface area contributed by atoms with Crippen molar-refractivity contribution in [3.63, 3.8) is 0 Å². The second kappa shape index (κ2) is 5.61. The molecule has 2 aromatic rings. The van der Waals surface area contributed by atoms with Gasteiger partial charge in [0.05, 0.1) is 10.0 Å². The predicted octanol–water partition coefficient (Wildman–Crippen LogP) is 6.39. The summed E-state index contributed by atoms with van der Waals surface area (Å²) < 4.78 is 39.1. The smallest absolute Gasteiger partial charge is 0.206 e. The molecule has 0 spiro atoms. The van der Waals surface area contributed by atoms with E-state index in [0.717, 1.165) is 18.2 Å². The fraction of sp³-hybridized carbons (Fsp3) is 0.0769. The molecule has 0 aliphatic heterocycles. The van der Waals surface area contributed by atoms with Crippen LogP contribution < -0.4 is 0 Å². The van der Waals surface area contributed by atoms with E-state index >= 15 is 0 Å². The molecule has 0 N–H and O–H groups in total. The third kappa shape index (κ3) is 2.99. The molecule has 0 saturated heterocycles. The fourth-order valence-corrected chi connectivity index (χ4v) is 2.69. The van der Waals surface area contributed by atoms with E-state index in [2.05, 4.69) is 0 Å². The maximum absolute atomic E-state index is 13.8. The van der Waals surface area contributed by atoms with Gasteiger partial charge < -0.3 is 0 Å². The molecule has 19 heavy (non-hydrogen) atoms. The van der Waals surface area contributed by atoms with Gasteiger partial charge in [-0.2, -0.15) is 0 Å². The molecule has 2 aromatic carbocycles. The van der Waals surface area contributed by atoms with E-state index in [1.807, 2.05) is 0 Å². The molecule has 2 rings (SSSR count). The van der Waals surface area contributed by atoms with E-state index in [0.29, 0.717) is 0 Å². The lowest BCUT2D eigenvalue weighted by Gasteiger charge is -2.11. The summed E-state index contributed by atoms with van der Waals surface area (Å²) >= 11 is 17.6. The lowest BCUT2D eigenvalue weighted by molar-refractivity contribution is 0.151. The first kappa shape index (κ1) is 14.5. The highest BCUT2D eigenvalue weighted by atomic mass is 35.5. The Kier molecular flexibility index (Phi) is 4.29. The van der Waals surface area contributed by atoms with E-state index in [-0.39, 0.29) is 31.8 Å². The molecule has 0 heterocycles. The average Bonchev–Trinajstić information content (AvgIpc) is 2.29. The molecule has 0 fully saturated rings. The van der Waals surface area contributed by atoms with Gasteiger partial charge >= 0.3 is 0 Å². The zero-order chi connectivity index (χ0) is 14.2. The maximum Gasteiger partial charge on any atom is 0.263 e. The van der Waals surface area contributed by atoms with E-state index in [4.69, 9.17) is 34.8 Å². The molecule has 0 unspecified atom stereocenters. The van der Waals surface area contributed by atoms with Gasteiger partial charge in [0.15, 0.2) is 0 Å². The van der Waals surface area contributed by atoms with Gasteiger partial charge in [0.1, 0.15) is 5.82 Å². The largest absolute Gasteiger partial charge is 0.263 e. The Morgan fingerprint density at radius 3 is 2.00 bits per heavy atom. The summed E-state index contributed by atoms with van der Waals surface area (Å²) in [5.74, 6) is -0.685. The van der Waals surface area contributed by atoms with Crippen molar-refractivity contribution in [3.8, 4) is 11.1 Å². The van der Waals surface area contributed by atoms with Crippen LogP contribution in [0, 0.1) is 5.82 Å². The number of hydrogen-bond donors (Lipinski definition) is 0. The second-order valence-electron chi connectivity index (χ2n) is 3.78. The first-order valence-corrected chi connectivity index (χ1v) is 6.26. The van der Waals surface area contributed by atoms with E-state index < -0.39 is 12.2 Å². The van der Waals surface area contributed by atoms with Crippen LogP contribution in [-0.2, 0) is 0 Å². The Morgan fingerprint density at radius 1 is 0.895 bits per heavy atom. The van der Waals surface area contributed by atoms with E-state index in [9.17, 15) is 13.2 Å². The summed E-state index contributed by atoms with van der Waals surface area (Å²) in [5, 5.41) is 0.481. The van der Waals surface area contributed by atoms with Crippen molar-refractivity contribution in [2.45, 2.75) is 6.43 Å². The quantitative estimate of drug-likeness (QED) is 0.600. The molecule has 0 aliphatic carbocycles. The van der Waals surface area contributed by atoms with Crippen LogP contribution in [0.3, 0.4) is 0 Å². The molecule has 0 aromatic heterocycles. The minimum absolute atomic E-state index is 0.0792. The summed E-state index contributed by atoms with van der Waals surface area (Å²) in [7, 11) is 0. The maximum atomic E-state index is 13.8. The number of alkyl halides is 2. The molecule has 0 radical (unpaired) electrons. The first-order chi connectivity index (χ1) is 8.90. The third-order valence-electron chi connectivity index (χ3n) is 2.52. The highest BCUT2D eigenvalue weighted by Crippen LogP contribution is 2.39. The highest BCUT2D eigenvalue weighted by Gasteiger charge is 2.17. The van der Waals surface area contributed by atoms with Crippen molar-refractivity contribution in [1.82, 2.24) is 0 Å². The number of halogens is 6. The van der Waals surface area contributed by atoms with Crippen molar-refractivity contribution in [2.75, 3.05) is 0 Å². The topological polar surface area (TPSA) is 0 Å². The van der Waals surface area contributed by atoms with Crippen LogP contribution in [0.2, 0.25) is 15.1 Å². The Hall–Kier alpha value is -0.900. The summed E-state index contributed by atoms with van der Waals surface area (Å²) in [6, 6.07) is 5.75. The lowest BCUT2D eigenvalue weighted by Crippen LogP contribution is -1.91. The van der Waals surface area contributed by atoms with Crippen molar-refractivity contribution >= 4 is 34.8 Å². The van der Waals surface area contributed by atoms with Gasteiger partial charge in [-0.05, 0) is 24.3 Å². The molecule has 0 bridgehead atoms. The minimum atomic E-state index is -2.70. The normalized spacial score (nSPS) is 11.1. The van der Waals surface area contributed by atoms with Crippen LogP contribution in [-0.4, -0.2) is 0 Å². The molecule has 0 amide bonds. The van der Waals surface area contributed by atoms with Gasteiger partial charge in [-0.3, -0.25) is 0 Å². The monoisotopic (exact) mass is 324 g/mol.